The standard InChI is InChI=1S/C16H22N2OS/c1-2-19-14-8-4-3-7-13(14)18-15-17-11-16(12-20-15)9-5-6-10-16/h3-4,7-8H,2,5-6,9-12H2,1H3,(H,17,18). The minimum absolute atomic E-state index is 0.495. The lowest BCUT2D eigenvalue weighted by Crippen LogP contribution is -2.30. The molecule has 3 rings (SSSR count). The summed E-state index contributed by atoms with van der Waals surface area (Å²) < 4.78 is 5.65. The largest absolute Gasteiger partial charge is 0.492 e. The first-order chi connectivity index (χ1) is 9.81. The van der Waals surface area contributed by atoms with Crippen molar-refractivity contribution in [2.75, 3.05) is 24.2 Å². The molecule has 4 heteroatoms. The number of nitrogens with zero attached hydrogens (tertiary/aromatic N) is 1. The van der Waals surface area contributed by atoms with Gasteiger partial charge in [-0.1, -0.05) is 36.7 Å². The molecule has 1 N–H and O–H groups in total. The second-order valence-electron chi connectivity index (χ2n) is 5.67. The van der Waals surface area contributed by atoms with E-state index < -0.39 is 0 Å². The van der Waals surface area contributed by atoms with Crippen molar-refractivity contribution in [3.63, 3.8) is 0 Å². The van der Waals surface area contributed by atoms with Gasteiger partial charge in [0.25, 0.3) is 0 Å². The highest BCUT2D eigenvalue weighted by molar-refractivity contribution is 8.14. The Balaban J connectivity index is 1.68. The van der Waals surface area contributed by atoms with Gasteiger partial charge in [-0.15, -0.1) is 0 Å². The van der Waals surface area contributed by atoms with Crippen molar-refractivity contribution in [1.82, 2.24) is 0 Å². The van der Waals surface area contributed by atoms with Gasteiger partial charge in [0.05, 0.1) is 12.3 Å². The van der Waals surface area contributed by atoms with Gasteiger partial charge in [0.15, 0.2) is 5.17 Å². The summed E-state index contributed by atoms with van der Waals surface area (Å²) in [5.74, 6) is 2.11. The molecule has 1 spiro atoms. The van der Waals surface area contributed by atoms with Gasteiger partial charge in [0, 0.05) is 12.3 Å². The van der Waals surface area contributed by atoms with E-state index >= 15 is 0 Å². The number of amidine groups is 1. The Kier molecular flexibility index (Phi) is 4.20. The fourth-order valence-electron chi connectivity index (χ4n) is 3.02. The van der Waals surface area contributed by atoms with E-state index in [9.17, 15) is 0 Å². The molecular weight excluding hydrogens is 268 g/mol. The molecule has 0 radical (unpaired) electrons. The maximum absolute atomic E-state index is 5.65. The Hall–Kier alpha value is -1.16. The molecule has 3 nitrogen and oxygen atoms in total. The van der Waals surface area contributed by atoms with Crippen LogP contribution in [0.4, 0.5) is 5.69 Å². The van der Waals surface area contributed by atoms with Gasteiger partial charge in [-0.25, -0.2) is 0 Å². The highest BCUT2D eigenvalue weighted by Gasteiger charge is 2.36. The quantitative estimate of drug-likeness (QED) is 0.907. The first-order valence-corrected chi connectivity index (χ1v) is 8.46. The summed E-state index contributed by atoms with van der Waals surface area (Å²) >= 11 is 1.86. The number of benzene rings is 1. The monoisotopic (exact) mass is 290 g/mol. The molecule has 0 aromatic heterocycles. The van der Waals surface area contributed by atoms with E-state index in [0.717, 1.165) is 23.1 Å². The van der Waals surface area contributed by atoms with E-state index in [1.54, 1.807) is 0 Å². The molecule has 0 saturated heterocycles. The zero-order valence-electron chi connectivity index (χ0n) is 12.0. The average molecular weight is 290 g/mol. The van der Waals surface area contributed by atoms with Crippen molar-refractivity contribution in [3.8, 4) is 5.75 Å². The van der Waals surface area contributed by atoms with E-state index in [2.05, 4.69) is 5.32 Å². The summed E-state index contributed by atoms with van der Waals surface area (Å²) in [6.07, 6.45) is 5.47. The number of anilines is 1. The molecule has 1 saturated carbocycles. The summed E-state index contributed by atoms with van der Waals surface area (Å²) in [5.41, 5.74) is 1.51. The number of para-hydroxylation sites is 2. The molecule has 2 aliphatic rings. The summed E-state index contributed by atoms with van der Waals surface area (Å²) in [6, 6.07) is 8.07. The Morgan fingerprint density at radius 3 is 2.80 bits per heavy atom. The zero-order valence-corrected chi connectivity index (χ0v) is 12.8. The molecule has 0 amide bonds. The number of hydrogen-bond acceptors (Lipinski definition) is 4. The molecule has 20 heavy (non-hydrogen) atoms. The van der Waals surface area contributed by atoms with Crippen molar-refractivity contribution in [2.24, 2.45) is 10.4 Å². The molecule has 0 unspecified atom stereocenters. The van der Waals surface area contributed by atoms with Crippen molar-refractivity contribution in [2.45, 2.75) is 32.6 Å². The number of rotatable bonds is 3. The van der Waals surface area contributed by atoms with Gasteiger partial charge < -0.3 is 10.1 Å². The highest BCUT2D eigenvalue weighted by atomic mass is 32.2. The number of nitrogens with one attached hydrogen (secondary N) is 1. The fraction of sp³-hybridized carbons (Fsp3) is 0.562. The molecule has 1 aromatic rings. The summed E-state index contributed by atoms with van der Waals surface area (Å²) in [7, 11) is 0. The lowest BCUT2D eigenvalue weighted by Gasteiger charge is -2.31. The third-order valence-electron chi connectivity index (χ3n) is 4.17. The summed E-state index contributed by atoms with van der Waals surface area (Å²) in [4.78, 5) is 4.77. The highest BCUT2D eigenvalue weighted by Crippen LogP contribution is 2.43. The maximum Gasteiger partial charge on any atom is 0.161 e. The van der Waals surface area contributed by atoms with Crippen LogP contribution in [-0.4, -0.2) is 24.1 Å². The van der Waals surface area contributed by atoms with Crippen LogP contribution in [0.25, 0.3) is 0 Å². The number of ether oxygens (including phenoxy) is 1. The van der Waals surface area contributed by atoms with E-state index in [1.807, 2.05) is 43.0 Å². The second kappa shape index (κ2) is 6.08. The van der Waals surface area contributed by atoms with Crippen LogP contribution in [0.1, 0.15) is 32.6 Å². The molecule has 1 aliphatic heterocycles. The van der Waals surface area contributed by atoms with Crippen LogP contribution < -0.4 is 10.1 Å². The number of aliphatic imine (C=N–C) groups is 1. The van der Waals surface area contributed by atoms with Crippen LogP contribution in [-0.2, 0) is 0 Å². The molecular formula is C16H22N2OS. The maximum atomic E-state index is 5.65. The molecule has 0 bridgehead atoms. The molecule has 1 aliphatic carbocycles. The number of thioether (sulfide) groups is 1. The van der Waals surface area contributed by atoms with E-state index in [-0.39, 0.29) is 0 Å². The Morgan fingerprint density at radius 2 is 2.10 bits per heavy atom. The molecule has 0 atom stereocenters. The van der Waals surface area contributed by atoms with Crippen LogP contribution >= 0.6 is 11.8 Å². The predicted molar refractivity (Wildman–Crippen MR) is 86.9 cm³/mol. The first kappa shape index (κ1) is 13.8. The van der Waals surface area contributed by atoms with Crippen molar-refractivity contribution in [1.29, 1.82) is 0 Å². The topological polar surface area (TPSA) is 33.6 Å². The zero-order chi connectivity index (χ0) is 13.8. The molecule has 108 valence electrons. The van der Waals surface area contributed by atoms with Crippen LogP contribution in [0.15, 0.2) is 29.3 Å². The van der Waals surface area contributed by atoms with E-state index in [0.29, 0.717) is 12.0 Å². The minimum Gasteiger partial charge on any atom is -0.492 e. The predicted octanol–water partition coefficient (Wildman–Crippen LogP) is 4.16. The van der Waals surface area contributed by atoms with Crippen molar-refractivity contribution >= 4 is 22.6 Å². The summed E-state index contributed by atoms with van der Waals surface area (Å²) in [6.45, 7) is 3.67. The minimum atomic E-state index is 0.495. The molecule has 1 aromatic carbocycles. The molecule has 1 heterocycles. The van der Waals surface area contributed by atoms with Gasteiger partial charge >= 0.3 is 0 Å². The third-order valence-corrected chi connectivity index (χ3v) is 5.43. The van der Waals surface area contributed by atoms with E-state index in [4.69, 9.17) is 9.73 Å². The Morgan fingerprint density at radius 1 is 1.30 bits per heavy atom. The number of hydrogen-bond donors (Lipinski definition) is 1. The fourth-order valence-corrected chi connectivity index (χ4v) is 4.18. The normalized spacial score (nSPS) is 20.8. The van der Waals surface area contributed by atoms with Crippen molar-refractivity contribution in [3.05, 3.63) is 24.3 Å². The van der Waals surface area contributed by atoms with Gasteiger partial charge in [-0.05, 0) is 37.3 Å². The lowest BCUT2D eigenvalue weighted by atomic mass is 9.89. The second-order valence-corrected chi connectivity index (χ2v) is 6.64. The lowest BCUT2D eigenvalue weighted by molar-refractivity contribution is 0.342. The van der Waals surface area contributed by atoms with Crippen LogP contribution in [0, 0.1) is 5.41 Å². The van der Waals surface area contributed by atoms with Gasteiger partial charge in [-0.3, -0.25) is 4.99 Å². The van der Waals surface area contributed by atoms with Gasteiger partial charge in [0.2, 0.25) is 0 Å². The first-order valence-electron chi connectivity index (χ1n) is 7.47. The average Bonchev–Trinajstić information content (AvgIpc) is 2.92. The third kappa shape index (κ3) is 2.95. The van der Waals surface area contributed by atoms with Crippen LogP contribution in [0.3, 0.4) is 0 Å². The Bertz CT molecular complexity index is 495. The van der Waals surface area contributed by atoms with Gasteiger partial charge in [0.1, 0.15) is 5.75 Å². The van der Waals surface area contributed by atoms with Crippen molar-refractivity contribution < 1.29 is 4.74 Å². The Labute approximate surface area is 125 Å². The molecule has 1 fully saturated rings. The van der Waals surface area contributed by atoms with E-state index in [1.165, 1.54) is 31.4 Å². The van der Waals surface area contributed by atoms with Crippen LogP contribution in [0.2, 0.25) is 0 Å². The smallest absolute Gasteiger partial charge is 0.161 e. The van der Waals surface area contributed by atoms with Crippen LogP contribution in [0.5, 0.6) is 5.75 Å². The SMILES string of the molecule is CCOc1ccccc1NC1=NCC2(CCCC2)CS1. The summed E-state index contributed by atoms with van der Waals surface area (Å²) in [5, 5.41) is 4.47. The van der Waals surface area contributed by atoms with Gasteiger partial charge in [-0.2, -0.15) is 0 Å².